The normalized spacial score (nSPS) is 14.8. The summed E-state index contributed by atoms with van der Waals surface area (Å²) < 4.78 is 9.10. The minimum atomic E-state index is -1.36. The van der Waals surface area contributed by atoms with Gasteiger partial charge in [0.25, 0.3) is 0 Å². The molecule has 0 unspecified atom stereocenters. The van der Waals surface area contributed by atoms with Gasteiger partial charge in [0.2, 0.25) is 5.91 Å². The number of nitrogens with two attached hydrogens (primary N) is 7. The van der Waals surface area contributed by atoms with E-state index in [0.29, 0.717) is 0 Å². The zero-order chi connectivity index (χ0) is 34.3. The van der Waals surface area contributed by atoms with Crippen LogP contribution in [-0.4, -0.2) is 123 Å². The van der Waals surface area contributed by atoms with Gasteiger partial charge < -0.3 is 75.1 Å². The van der Waals surface area contributed by atoms with Crippen molar-refractivity contribution in [2.75, 3.05) is 13.2 Å². The summed E-state index contributed by atoms with van der Waals surface area (Å²) in [6.07, 6.45) is -1.88. The zero-order valence-corrected chi connectivity index (χ0v) is 23.3. The number of carboxylic acid groups (broad SMARTS) is 3. The summed E-state index contributed by atoms with van der Waals surface area (Å²) in [7, 11) is 0. The third-order valence-corrected chi connectivity index (χ3v) is 4.15. The maximum absolute atomic E-state index is 11.4. The largest absolute Gasteiger partial charge is 0.480 e. The number of aliphatic carboxylic acids is 3. The Bertz CT molecular complexity index is 872. The number of carbonyl (C=O) groups excluding carboxylic acids is 4. The van der Waals surface area contributed by atoms with Crippen molar-refractivity contribution < 1.29 is 68.6 Å². The zero-order valence-electron chi connectivity index (χ0n) is 23.3. The Morgan fingerprint density at radius 1 is 0.738 bits per heavy atom. The van der Waals surface area contributed by atoms with Gasteiger partial charge in [-0.15, -0.1) is 0 Å². The number of hydrogen-bond donors (Lipinski definition) is 12. The van der Waals surface area contributed by atoms with Gasteiger partial charge in [0, 0.05) is 6.42 Å². The summed E-state index contributed by atoms with van der Waals surface area (Å²) >= 11 is 0. The summed E-state index contributed by atoms with van der Waals surface area (Å²) in [4.78, 5) is 73.0. The molecule has 0 spiro atoms. The highest BCUT2D eigenvalue weighted by molar-refractivity contribution is 5.91. The lowest BCUT2D eigenvalue weighted by atomic mass is 10.2. The highest BCUT2D eigenvalue weighted by Crippen LogP contribution is 2.02. The minimum absolute atomic E-state index is 0.0213. The second-order valence-corrected chi connectivity index (χ2v) is 8.14. The first-order valence-corrected chi connectivity index (χ1v) is 11.8. The molecule has 0 aliphatic carbocycles. The first-order valence-electron chi connectivity index (χ1n) is 11.8. The number of aliphatic hydroxyl groups is 2. The van der Waals surface area contributed by atoms with E-state index in [2.05, 4.69) is 10.5 Å². The molecule has 0 aromatic carbocycles. The van der Waals surface area contributed by atoms with Crippen molar-refractivity contribution in [1.29, 1.82) is 0 Å². The number of carboxylic acids is 3. The van der Waals surface area contributed by atoms with Gasteiger partial charge in [-0.2, -0.15) is 0 Å². The smallest absolute Gasteiger partial charge is 0.334 e. The molecule has 42 heavy (non-hydrogen) atoms. The lowest BCUT2D eigenvalue weighted by Gasteiger charge is -2.20. The molecule has 1 amide bonds. The second kappa shape index (κ2) is 24.9. The molecule has 19 N–H and O–H groups in total. The molecule has 0 bridgehead atoms. The van der Waals surface area contributed by atoms with E-state index in [0.717, 1.165) is 0 Å². The monoisotopic (exact) mass is 617 g/mol. The van der Waals surface area contributed by atoms with Crippen molar-refractivity contribution in [3.8, 4) is 0 Å². The van der Waals surface area contributed by atoms with Crippen molar-refractivity contribution in [3.63, 3.8) is 0 Å². The van der Waals surface area contributed by atoms with E-state index in [1.165, 1.54) is 20.8 Å². The Morgan fingerprint density at radius 2 is 1.19 bits per heavy atom. The molecule has 0 aliphatic rings. The quantitative estimate of drug-likeness (QED) is 0.0674. The van der Waals surface area contributed by atoms with E-state index in [9.17, 15) is 33.6 Å². The summed E-state index contributed by atoms with van der Waals surface area (Å²) in [6.45, 7) is 3.14. The number of rotatable bonds is 13. The summed E-state index contributed by atoms with van der Waals surface area (Å²) in [5.74, 6) is -6.76. The SMILES string of the molecule is C[C@@H](O)[C@H](N)C(=O)O.C[C@H](N)C(=O)O[C@H](C)[C@H](N)C(=O)OC(=O)[C@@H](N)CO.NC(=O)CC[C@H](N)C(=O)O.NCC(=O)O. The minimum Gasteiger partial charge on any atom is -0.480 e. The average Bonchev–Trinajstić information content (AvgIpc) is 2.90. The Kier molecular flexibility index (Phi) is 26.8. The predicted molar refractivity (Wildman–Crippen MR) is 141 cm³/mol. The molecule has 0 saturated carbocycles. The number of ether oxygens (including phenoxy) is 2. The Morgan fingerprint density at radius 3 is 1.45 bits per heavy atom. The standard InChI is InChI=1S/C10H19N3O6.C5H10N2O3.C4H9NO3.C2H5NO2/c1-4(11)8(15)18-5(2)7(13)10(17)19-9(16)6(12)3-14;6-3(5(9)10)1-2-4(7)8;1-2(6)3(5)4(7)8;3-1-2(4)5/h4-7,14H,3,11-13H2,1-2H3;3H,1-2,6H2,(H2,7,8)(H,9,10);2-3,6H,5H2,1H3,(H,7,8);1,3H2,(H,4,5)/t4-,5+,6-,7-;3-;2-,3+;/m001./s1. The van der Waals surface area contributed by atoms with Crippen molar-refractivity contribution in [2.45, 2.75) is 76.0 Å². The fourth-order valence-electron chi connectivity index (χ4n) is 1.50. The molecular weight excluding hydrogens is 574 g/mol. The van der Waals surface area contributed by atoms with Gasteiger partial charge in [0.05, 0.1) is 19.3 Å². The van der Waals surface area contributed by atoms with Crippen LogP contribution in [0.1, 0.15) is 33.6 Å². The van der Waals surface area contributed by atoms with Crippen LogP contribution in [0.15, 0.2) is 0 Å². The van der Waals surface area contributed by atoms with E-state index < -0.39 is 90.7 Å². The Hall–Kier alpha value is -3.83. The van der Waals surface area contributed by atoms with Gasteiger partial charge in [-0.25, -0.2) is 9.59 Å². The molecule has 0 fully saturated rings. The molecule has 7 atom stereocenters. The number of esters is 3. The van der Waals surface area contributed by atoms with Crippen LogP contribution in [0.25, 0.3) is 0 Å². The summed E-state index contributed by atoms with van der Waals surface area (Å²) in [5, 5.41) is 41.0. The average molecular weight is 618 g/mol. The molecule has 0 saturated heterocycles. The number of amides is 1. The molecule has 0 rings (SSSR count). The topological polar surface area (TPSA) is 421 Å². The third kappa shape index (κ3) is 26.4. The highest BCUT2D eigenvalue weighted by atomic mass is 16.6. The van der Waals surface area contributed by atoms with Crippen LogP contribution in [0.5, 0.6) is 0 Å². The van der Waals surface area contributed by atoms with Crippen LogP contribution in [0.4, 0.5) is 0 Å². The van der Waals surface area contributed by atoms with Gasteiger partial charge in [0.1, 0.15) is 36.3 Å². The maximum Gasteiger partial charge on any atom is 0.334 e. The molecule has 21 heteroatoms. The first kappa shape index (κ1) is 45.2. The molecule has 0 aliphatic heterocycles. The van der Waals surface area contributed by atoms with E-state index in [-0.39, 0.29) is 19.4 Å². The molecule has 0 radical (unpaired) electrons. The predicted octanol–water partition coefficient (Wildman–Crippen LogP) is -6.55. The van der Waals surface area contributed by atoms with Gasteiger partial charge in [-0.3, -0.25) is 24.0 Å². The van der Waals surface area contributed by atoms with Gasteiger partial charge in [0.15, 0.2) is 0 Å². The third-order valence-electron chi connectivity index (χ3n) is 4.15. The summed E-state index contributed by atoms with van der Waals surface area (Å²) in [6, 6.07) is -5.70. The molecule has 21 nitrogen and oxygen atoms in total. The number of carbonyl (C=O) groups is 7. The van der Waals surface area contributed by atoms with Crippen molar-refractivity contribution in [1.82, 2.24) is 0 Å². The van der Waals surface area contributed by atoms with Crippen LogP contribution in [0, 0.1) is 0 Å². The maximum atomic E-state index is 11.4. The number of primary amides is 1. The lowest BCUT2D eigenvalue weighted by Crippen LogP contribution is -2.48. The van der Waals surface area contributed by atoms with E-state index >= 15 is 0 Å². The number of aliphatic hydroxyl groups excluding tert-OH is 2. The highest BCUT2D eigenvalue weighted by Gasteiger charge is 2.29. The van der Waals surface area contributed by atoms with Crippen molar-refractivity contribution in [3.05, 3.63) is 0 Å². The van der Waals surface area contributed by atoms with Gasteiger partial charge >= 0.3 is 35.8 Å². The van der Waals surface area contributed by atoms with Crippen LogP contribution in [0.2, 0.25) is 0 Å². The Balaban J connectivity index is -0.000000262. The molecular formula is C21H43N7O14. The molecule has 246 valence electrons. The van der Waals surface area contributed by atoms with Crippen LogP contribution < -0.4 is 40.1 Å². The lowest BCUT2D eigenvalue weighted by molar-refractivity contribution is -0.165. The molecule has 0 aromatic rings. The fraction of sp³-hybridized carbons (Fsp3) is 0.667. The van der Waals surface area contributed by atoms with Crippen LogP contribution in [-0.2, 0) is 43.0 Å². The number of hydrogen-bond acceptors (Lipinski definition) is 17. The van der Waals surface area contributed by atoms with Crippen LogP contribution in [0.3, 0.4) is 0 Å². The van der Waals surface area contributed by atoms with Crippen LogP contribution >= 0.6 is 0 Å². The molecule has 0 heterocycles. The Labute approximate surface area is 240 Å². The fourth-order valence-corrected chi connectivity index (χ4v) is 1.50. The second-order valence-electron chi connectivity index (χ2n) is 8.14. The summed E-state index contributed by atoms with van der Waals surface area (Å²) in [5.41, 5.74) is 35.2. The first-order chi connectivity index (χ1) is 19.1. The van der Waals surface area contributed by atoms with E-state index in [1.807, 2.05) is 0 Å². The molecule has 0 aromatic heterocycles. The van der Waals surface area contributed by atoms with Gasteiger partial charge in [-0.1, -0.05) is 0 Å². The van der Waals surface area contributed by atoms with E-state index in [1.54, 1.807) is 0 Å². The van der Waals surface area contributed by atoms with Crippen molar-refractivity contribution in [2.24, 2.45) is 40.1 Å². The van der Waals surface area contributed by atoms with E-state index in [4.69, 9.17) is 64.7 Å². The van der Waals surface area contributed by atoms with Gasteiger partial charge in [-0.05, 0) is 27.2 Å². The van der Waals surface area contributed by atoms with Crippen molar-refractivity contribution >= 4 is 41.7 Å².